The molecule has 52 heavy (non-hydrogen) atoms. The zero-order valence-electron chi connectivity index (χ0n) is 34.4. The van der Waals surface area contributed by atoms with Gasteiger partial charge in [0.2, 0.25) is 0 Å². The maximum absolute atomic E-state index is 12.4. The Hall–Kier alpha value is -2.15. The maximum Gasteiger partial charge on any atom is 0.306 e. The van der Waals surface area contributed by atoms with Crippen molar-refractivity contribution < 1.29 is 28.6 Å². The van der Waals surface area contributed by atoms with Crippen LogP contribution in [-0.2, 0) is 28.6 Å². The van der Waals surface area contributed by atoms with Crippen LogP contribution in [0.4, 0.5) is 0 Å². The molecule has 0 unspecified atom stereocenters. The molecule has 0 aliphatic heterocycles. The van der Waals surface area contributed by atoms with Gasteiger partial charge in [0.1, 0.15) is 13.2 Å². The van der Waals surface area contributed by atoms with Gasteiger partial charge >= 0.3 is 17.9 Å². The molecule has 0 aromatic rings. The number of ether oxygens (including phenoxy) is 3. The lowest BCUT2D eigenvalue weighted by Crippen LogP contribution is -2.31. The molecule has 0 heterocycles. The smallest absolute Gasteiger partial charge is 0.306 e. The Labute approximate surface area is 321 Å². The second kappa shape index (κ2) is 41.6. The lowest BCUT2D eigenvalue weighted by molar-refractivity contribution is -0.167. The van der Waals surface area contributed by atoms with Gasteiger partial charge in [0.25, 0.3) is 0 Å². The van der Waals surface area contributed by atoms with E-state index in [9.17, 15) is 14.4 Å². The van der Waals surface area contributed by atoms with Crippen LogP contribution < -0.4 is 5.32 Å². The minimum absolute atomic E-state index is 0.0937. The molecule has 0 saturated heterocycles. The zero-order valence-corrected chi connectivity index (χ0v) is 34.4. The number of nitrogens with one attached hydrogen (secondary N) is 1. The number of hydrogen-bond donors (Lipinski definition) is 1. The molecule has 0 bridgehead atoms. The van der Waals surface area contributed by atoms with Gasteiger partial charge in [0.05, 0.1) is 0 Å². The molecule has 0 spiro atoms. The largest absolute Gasteiger partial charge is 0.462 e. The second-order valence-electron chi connectivity index (χ2n) is 14.6. The van der Waals surface area contributed by atoms with E-state index < -0.39 is 6.10 Å². The van der Waals surface area contributed by atoms with E-state index in [1.807, 2.05) is 6.92 Å². The standard InChI is InChI=1S/C45H83NO6/c1-4-7-9-11-13-15-17-19-21-23-25-27-29-31-33-36-43(47)50-40-42(52-45(49)38-35-39-46-6-3)41-51-44(48)37-34-32-30-28-26-24-22-20-18-16-14-12-10-8-5-2/h19-22,42,46H,4-18,23-41H2,1-3H3. The Morgan fingerprint density at radius 3 is 1.17 bits per heavy atom. The van der Waals surface area contributed by atoms with Crippen LogP contribution in [0.5, 0.6) is 0 Å². The van der Waals surface area contributed by atoms with Crippen LogP contribution in [0.2, 0.25) is 0 Å². The molecule has 0 saturated carbocycles. The number of rotatable bonds is 40. The molecule has 0 rings (SSSR count). The highest BCUT2D eigenvalue weighted by Gasteiger charge is 2.19. The zero-order chi connectivity index (χ0) is 38.0. The monoisotopic (exact) mass is 734 g/mol. The average molecular weight is 734 g/mol. The maximum atomic E-state index is 12.4. The Morgan fingerprint density at radius 2 is 0.788 bits per heavy atom. The molecule has 0 aliphatic rings. The van der Waals surface area contributed by atoms with Crippen molar-refractivity contribution in [1.29, 1.82) is 0 Å². The van der Waals surface area contributed by atoms with E-state index in [4.69, 9.17) is 14.2 Å². The number of carbonyl (C=O) groups is 3. The number of carbonyl (C=O) groups excluding carboxylic acids is 3. The first kappa shape index (κ1) is 49.9. The van der Waals surface area contributed by atoms with E-state index >= 15 is 0 Å². The summed E-state index contributed by atoms with van der Waals surface area (Å²) in [6, 6.07) is 0. The van der Waals surface area contributed by atoms with Crippen LogP contribution in [0.3, 0.4) is 0 Å². The van der Waals surface area contributed by atoms with Gasteiger partial charge in [-0.2, -0.15) is 0 Å². The topological polar surface area (TPSA) is 90.9 Å². The van der Waals surface area contributed by atoms with Gasteiger partial charge in [-0.1, -0.05) is 148 Å². The Kier molecular flexibility index (Phi) is 39.9. The number of hydrogen-bond acceptors (Lipinski definition) is 7. The average Bonchev–Trinajstić information content (AvgIpc) is 3.14. The fourth-order valence-electron chi connectivity index (χ4n) is 6.09. The predicted octanol–water partition coefficient (Wildman–Crippen LogP) is 12.4. The molecular weight excluding hydrogens is 650 g/mol. The van der Waals surface area contributed by atoms with E-state index in [2.05, 4.69) is 43.5 Å². The van der Waals surface area contributed by atoms with Crippen molar-refractivity contribution in [1.82, 2.24) is 5.32 Å². The fraction of sp³-hybridized carbons (Fsp3) is 0.844. The van der Waals surface area contributed by atoms with Crippen LogP contribution in [0.25, 0.3) is 0 Å². The second-order valence-corrected chi connectivity index (χ2v) is 14.6. The molecule has 304 valence electrons. The van der Waals surface area contributed by atoms with Crippen molar-refractivity contribution in [3.05, 3.63) is 24.3 Å². The Bertz CT molecular complexity index is 801. The molecule has 0 radical (unpaired) electrons. The van der Waals surface area contributed by atoms with E-state index in [-0.39, 0.29) is 37.5 Å². The van der Waals surface area contributed by atoms with Gasteiger partial charge in [-0.3, -0.25) is 14.4 Å². The molecule has 0 aromatic heterocycles. The van der Waals surface area contributed by atoms with Crippen LogP contribution in [0.1, 0.15) is 213 Å². The Morgan fingerprint density at radius 1 is 0.442 bits per heavy atom. The first-order valence-corrected chi connectivity index (χ1v) is 22.0. The summed E-state index contributed by atoms with van der Waals surface area (Å²) >= 11 is 0. The lowest BCUT2D eigenvalue weighted by Gasteiger charge is -2.18. The van der Waals surface area contributed by atoms with E-state index in [1.165, 1.54) is 116 Å². The predicted molar refractivity (Wildman–Crippen MR) is 218 cm³/mol. The minimum atomic E-state index is -0.789. The molecule has 7 nitrogen and oxygen atoms in total. The minimum Gasteiger partial charge on any atom is -0.462 e. The van der Waals surface area contributed by atoms with Crippen molar-refractivity contribution in [3.63, 3.8) is 0 Å². The third kappa shape index (κ3) is 39.1. The van der Waals surface area contributed by atoms with Crippen molar-refractivity contribution in [2.24, 2.45) is 0 Å². The molecule has 0 aliphatic carbocycles. The summed E-state index contributed by atoms with van der Waals surface area (Å²) in [4.78, 5) is 37.3. The van der Waals surface area contributed by atoms with Crippen molar-refractivity contribution >= 4 is 17.9 Å². The first-order valence-electron chi connectivity index (χ1n) is 22.0. The van der Waals surface area contributed by atoms with Gasteiger partial charge in [-0.05, 0) is 83.7 Å². The van der Waals surface area contributed by atoms with Crippen LogP contribution in [0, 0.1) is 0 Å². The highest BCUT2D eigenvalue weighted by Crippen LogP contribution is 2.13. The number of esters is 3. The van der Waals surface area contributed by atoms with Gasteiger partial charge in [0, 0.05) is 19.3 Å². The highest BCUT2D eigenvalue weighted by atomic mass is 16.6. The van der Waals surface area contributed by atoms with E-state index in [1.54, 1.807) is 0 Å². The first-order chi connectivity index (χ1) is 25.5. The normalized spacial score (nSPS) is 12.1. The van der Waals surface area contributed by atoms with E-state index in [0.29, 0.717) is 19.3 Å². The summed E-state index contributed by atoms with van der Waals surface area (Å²) in [5, 5.41) is 3.19. The van der Waals surface area contributed by atoms with E-state index in [0.717, 1.165) is 64.5 Å². The van der Waals surface area contributed by atoms with Crippen LogP contribution >= 0.6 is 0 Å². The summed E-state index contributed by atoms with van der Waals surface area (Å²) in [6.45, 7) is 7.92. The molecule has 0 amide bonds. The summed E-state index contributed by atoms with van der Waals surface area (Å²) in [6.07, 6.45) is 41.4. The lowest BCUT2D eigenvalue weighted by atomic mass is 10.1. The number of allylic oxidation sites excluding steroid dienone is 4. The van der Waals surface area contributed by atoms with Gasteiger partial charge in [0.15, 0.2) is 6.10 Å². The molecule has 0 aromatic carbocycles. The van der Waals surface area contributed by atoms with Gasteiger partial charge < -0.3 is 19.5 Å². The summed E-state index contributed by atoms with van der Waals surface area (Å²) in [5.74, 6) is -0.972. The fourth-order valence-corrected chi connectivity index (χ4v) is 6.09. The van der Waals surface area contributed by atoms with Crippen molar-refractivity contribution in [3.8, 4) is 0 Å². The summed E-state index contributed by atoms with van der Waals surface area (Å²) < 4.78 is 16.5. The molecule has 7 heteroatoms. The summed E-state index contributed by atoms with van der Waals surface area (Å²) in [5.41, 5.74) is 0. The van der Waals surface area contributed by atoms with Crippen molar-refractivity contribution in [2.75, 3.05) is 26.3 Å². The van der Waals surface area contributed by atoms with Crippen LogP contribution in [-0.4, -0.2) is 50.3 Å². The molecule has 1 N–H and O–H groups in total. The summed E-state index contributed by atoms with van der Waals surface area (Å²) in [7, 11) is 0. The highest BCUT2D eigenvalue weighted by molar-refractivity contribution is 5.71. The van der Waals surface area contributed by atoms with Gasteiger partial charge in [-0.25, -0.2) is 0 Å². The third-order valence-electron chi connectivity index (χ3n) is 9.43. The SMILES string of the molecule is CCCCCCCCC=CCCCCCCCC(=O)OCC(COC(=O)CCCCCCCC=CCCCCCCCC)OC(=O)CCCNCC. The van der Waals surface area contributed by atoms with Crippen molar-refractivity contribution in [2.45, 2.75) is 219 Å². The Balaban J connectivity index is 4.14. The third-order valence-corrected chi connectivity index (χ3v) is 9.43. The number of unbranched alkanes of at least 4 members (excludes halogenated alkanes) is 22. The van der Waals surface area contributed by atoms with Crippen LogP contribution in [0.15, 0.2) is 24.3 Å². The molecular formula is C45H83NO6. The molecule has 0 fully saturated rings. The molecule has 0 atom stereocenters. The quantitative estimate of drug-likeness (QED) is 0.0290. The van der Waals surface area contributed by atoms with Gasteiger partial charge in [-0.15, -0.1) is 0 Å².